The van der Waals surface area contributed by atoms with E-state index in [0.29, 0.717) is 0 Å². The summed E-state index contributed by atoms with van der Waals surface area (Å²) in [7, 11) is 2.25. The first-order chi connectivity index (χ1) is 8.84. The Hall–Kier alpha value is -0.870. The Balaban J connectivity index is 1.47. The van der Waals surface area contributed by atoms with Gasteiger partial charge in [-0.1, -0.05) is 6.42 Å². The lowest BCUT2D eigenvalue weighted by Gasteiger charge is -2.32. The van der Waals surface area contributed by atoms with Crippen molar-refractivity contribution < 1.29 is 0 Å². The molecule has 1 aliphatic carbocycles. The van der Waals surface area contributed by atoms with Gasteiger partial charge in [0, 0.05) is 31.4 Å². The van der Waals surface area contributed by atoms with E-state index in [1.807, 2.05) is 12.5 Å². The fourth-order valence-corrected chi connectivity index (χ4v) is 2.92. The molecule has 2 aliphatic rings. The number of likely N-dealkylation sites (N-methyl/N-ethyl adjacent to an activating group) is 1. The molecule has 0 spiro atoms. The lowest BCUT2D eigenvalue weighted by atomic mass is 10.0. The molecule has 18 heavy (non-hydrogen) atoms. The summed E-state index contributed by atoms with van der Waals surface area (Å²) >= 11 is 0. The van der Waals surface area contributed by atoms with Crippen LogP contribution < -0.4 is 5.32 Å². The van der Waals surface area contributed by atoms with E-state index in [2.05, 4.69) is 26.8 Å². The molecule has 2 fully saturated rings. The van der Waals surface area contributed by atoms with E-state index in [9.17, 15) is 0 Å². The SMILES string of the molecule is CN1CCCCC1CNCc1cncn1C1CC1. The Bertz CT molecular complexity index is 383. The van der Waals surface area contributed by atoms with Crippen LogP contribution in [0.2, 0.25) is 0 Å². The molecule has 4 nitrogen and oxygen atoms in total. The summed E-state index contributed by atoms with van der Waals surface area (Å²) < 4.78 is 2.34. The van der Waals surface area contributed by atoms with Gasteiger partial charge in [-0.3, -0.25) is 0 Å². The highest BCUT2D eigenvalue weighted by Gasteiger charge is 2.25. The molecule has 0 aromatic carbocycles. The number of hydrogen-bond acceptors (Lipinski definition) is 3. The van der Waals surface area contributed by atoms with Gasteiger partial charge in [0.15, 0.2) is 0 Å². The monoisotopic (exact) mass is 248 g/mol. The van der Waals surface area contributed by atoms with Crippen LogP contribution in [0.1, 0.15) is 43.8 Å². The minimum absolute atomic E-state index is 0.719. The van der Waals surface area contributed by atoms with E-state index >= 15 is 0 Å². The zero-order valence-corrected chi connectivity index (χ0v) is 11.3. The summed E-state index contributed by atoms with van der Waals surface area (Å²) in [5, 5.41) is 3.61. The number of piperidine rings is 1. The first-order valence-electron chi connectivity index (χ1n) is 7.26. The molecule has 1 aliphatic heterocycles. The number of imidazole rings is 1. The number of nitrogens with zero attached hydrogens (tertiary/aromatic N) is 3. The lowest BCUT2D eigenvalue weighted by molar-refractivity contribution is 0.181. The molecule has 1 N–H and O–H groups in total. The Kier molecular flexibility index (Phi) is 3.66. The van der Waals surface area contributed by atoms with Crippen molar-refractivity contribution in [3.8, 4) is 0 Å². The van der Waals surface area contributed by atoms with Gasteiger partial charge < -0.3 is 14.8 Å². The van der Waals surface area contributed by atoms with Crippen LogP contribution in [0.3, 0.4) is 0 Å². The van der Waals surface area contributed by atoms with E-state index in [1.165, 1.54) is 44.3 Å². The third-order valence-electron chi connectivity index (χ3n) is 4.29. The van der Waals surface area contributed by atoms with Gasteiger partial charge in [-0.25, -0.2) is 4.98 Å². The van der Waals surface area contributed by atoms with Crippen LogP contribution in [0.5, 0.6) is 0 Å². The average molecular weight is 248 g/mol. The highest BCUT2D eigenvalue weighted by atomic mass is 15.2. The maximum atomic E-state index is 4.28. The second-order valence-electron chi connectivity index (χ2n) is 5.78. The Morgan fingerprint density at radius 3 is 3.00 bits per heavy atom. The second-order valence-corrected chi connectivity index (χ2v) is 5.78. The molecular weight excluding hydrogens is 224 g/mol. The third kappa shape index (κ3) is 2.75. The molecule has 3 rings (SSSR count). The smallest absolute Gasteiger partial charge is 0.0951 e. The number of aromatic nitrogens is 2. The number of rotatable bonds is 5. The third-order valence-corrected chi connectivity index (χ3v) is 4.29. The molecule has 1 aromatic rings. The van der Waals surface area contributed by atoms with Crippen molar-refractivity contribution in [3.63, 3.8) is 0 Å². The first kappa shape index (κ1) is 12.2. The summed E-state index contributed by atoms with van der Waals surface area (Å²) in [4.78, 5) is 6.77. The molecule has 1 saturated heterocycles. The lowest BCUT2D eigenvalue weighted by Crippen LogP contribution is -2.43. The van der Waals surface area contributed by atoms with Crippen molar-refractivity contribution in [2.24, 2.45) is 0 Å². The van der Waals surface area contributed by atoms with Gasteiger partial charge in [0.2, 0.25) is 0 Å². The van der Waals surface area contributed by atoms with E-state index in [4.69, 9.17) is 0 Å². The molecule has 1 aromatic heterocycles. The van der Waals surface area contributed by atoms with Crippen LogP contribution in [-0.2, 0) is 6.54 Å². The van der Waals surface area contributed by atoms with E-state index in [0.717, 1.165) is 25.2 Å². The van der Waals surface area contributed by atoms with E-state index in [1.54, 1.807) is 0 Å². The first-order valence-corrected chi connectivity index (χ1v) is 7.26. The molecule has 0 amide bonds. The number of likely N-dealkylation sites (tertiary alicyclic amines) is 1. The predicted molar refractivity (Wildman–Crippen MR) is 72.5 cm³/mol. The molecule has 4 heteroatoms. The zero-order chi connectivity index (χ0) is 12.4. The molecular formula is C14H24N4. The van der Waals surface area contributed by atoms with Crippen LogP contribution in [0, 0.1) is 0 Å². The summed E-state index contributed by atoms with van der Waals surface area (Å²) in [6.45, 7) is 3.32. The topological polar surface area (TPSA) is 33.1 Å². The van der Waals surface area contributed by atoms with Crippen molar-refractivity contribution in [1.82, 2.24) is 19.8 Å². The number of nitrogens with one attached hydrogen (secondary N) is 1. The Labute approximate surface area is 109 Å². The molecule has 2 heterocycles. The van der Waals surface area contributed by atoms with Gasteiger partial charge in [0.1, 0.15) is 0 Å². The van der Waals surface area contributed by atoms with Gasteiger partial charge in [-0.2, -0.15) is 0 Å². The molecule has 100 valence electrons. The predicted octanol–water partition coefficient (Wildman–Crippen LogP) is 1.79. The van der Waals surface area contributed by atoms with Crippen LogP contribution in [0.25, 0.3) is 0 Å². The summed E-state index contributed by atoms with van der Waals surface area (Å²) in [6, 6.07) is 1.46. The van der Waals surface area contributed by atoms with Gasteiger partial charge in [-0.05, 0) is 39.3 Å². The largest absolute Gasteiger partial charge is 0.330 e. The minimum Gasteiger partial charge on any atom is -0.330 e. The van der Waals surface area contributed by atoms with E-state index in [-0.39, 0.29) is 0 Å². The maximum Gasteiger partial charge on any atom is 0.0951 e. The maximum absolute atomic E-state index is 4.28. The Morgan fingerprint density at radius 1 is 1.33 bits per heavy atom. The van der Waals surface area contributed by atoms with Crippen molar-refractivity contribution in [2.45, 2.75) is 50.7 Å². The summed E-state index contributed by atoms with van der Waals surface area (Å²) in [5.41, 5.74) is 1.34. The fraction of sp³-hybridized carbons (Fsp3) is 0.786. The molecule has 1 unspecified atom stereocenters. The van der Waals surface area contributed by atoms with Crippen LogP contribution in [0.15, 0.2) is 12.5 Å². The fourth-order valence-electron chi connectivity index (χ4n) is 2.92. The van der Waals surface area contributed by atoms with Crippen LogP contribution >= 0.6 is 0 Å². The molecule has 1 atom stereocenters. The van der Waals surface area contributed by atoms with Crippen LogP contribution in [0.4, 0.5) is 0 Å². The van der Waals surface area contributed by atoms with Crippen LogP contribution in [-0.4, -0.2) is 40.6 Å². The van der Waals surface area contributed by atoms with Gasteiger partial charge in [0.25, 0.3) is 0 Å². The Morgan fingerprint density at radius 2 is 2.22 bits per heavy atom. The van der Waals surface area contributed by atoms with Crippen molar-refractivity contribution in [3.05, 3.63) is 18.2 Å². The molecule has 1 saturated carbocycles. The second kappa shape index (κ2) is 5.41. The standard InChI is InChI=1S/C14H24N4/c1-17-7-3-2-4-13(17)8-15-9-14-10-16-11-18(14)12-5-6-12/h10-13,15H,2-9H2,1H3. The summed E-state index contributed by atoms with van der Waals surface area (Å²) in [6.07, 6.45) is 10.7. The van der Waals surface area contributed by atoms with Gasteiger partial charge >= 0.3 is 0 Å². The quantitative estimate of drug-likeness (QED) is 0.862. The van der Waals surface area contributed by atoms with Crippen molar-refractivity contribution in [1.29, 1.82) is 0 Å². The van der Waals surface area contributed by atoms with Gasteiger partial charge in [0.05, 0.1) is 12.0 Å². The van der Waals surface area contributed by atoms with Gasteiger partial charge in [-0.15, -0.1) is 0 Å². The van der Waals surface area contributed by atoms with Crippen molar-refractivity contribution in [2.75, 3.05) is 20.1 Å². The summed E-state index contributed by atoms with van der Waals surface area (Å²) in [5.74, 6) is 0. The number of hydrogen-bond donors (Lipinski definition) is 1. The van der Waals surface area contributed by atoms with E-state index < -0.39 is 0 Å². The molecule has 0 bridgehead atoms. The highest BCUT2D eigenvalue weighted by molar-refractivity contribution is 5.03. The molecule has 0 radical (unpaired) electrons. The normalized spacial score (nSPS) is 25.5. The zero-order valence-electron chi connectivity index (χ0n) is 11.3. The minimum atomic E-state index is 0.719. The highest BCUT2D eigenvalue weighted by Crippen LogP contribution is 2.35. The average Bonchev–Trinajstić information content (AvgIpc) is 3.12. The van der Waals surface area contributed by atoms with Crippen molar-refractivity contribution >= 4 is 0 Å².